The lowest BCUT2D eigenvalue weighted by Gasteiger charge is -2.32. The summed E-state index contributed by atoms with van der Waals surface area (Å²) in [6.07, 6.45) is 5.94. The predicted octanol–water partition coefficient (Wildman–Crippen LogP) is 5.52. The van der Waals surface area contributed by atoms with Crippen molar-refractivity contribution in [1.82, 2.24) is 15.7 Å². The summed E-state index contributed by atoms with van der Waals surface area (Å²) >= 11 is 0. The number of hydrogen-bond acceptors (Lipinski definition) is 7. The van der Waals surface area contributed by atoms with Crippen LogP contribution in [0.25, 0.3) is 11.3 Å². The third kappa shape index (κ3) is 8.39. The number of methoxy groups -OCH3 is 1. The van der Waals surface area contributed by atoms with Crippen LogP contribution >= 0.6 is 0 Å². The Labute approximate surface area is 264 Å². The van der Waals surface area contributed by atoms with Gasteiger partial charge in [0.2, 0.25) is 12.3 Å². The average molecular weight is 618 g/mol. The molecule has 0 radical (unpaired) electrons. The first kappa shape index (κ1) is 33.5. The molecular formula is C35H43N3O7. The third-order valence-corrected chi connectivity index (χ3v) is 8.36. The van der Waals surface area contributed by atoms with Gasteiger partial charge in [0.05, 0.1) is 31.2 Å². The smallest absolute Gasteiger partial charge is 0.316 e. The molecule has 1 aliphatic rings. The van der Waals surface area contributed by atoms with Crippen molar-refractivity contribution in [1.29, 1.82) is 0 Å². The summed E-state index contributed by atoms with van der Waals surface area (Å²) in [5, 5.41) is 6.75. The number of hydrogen-bond donors (Lipinski definition) is 2. The second kappa shape index (κ2) is 16.0. The van der Waals surface area contributed by atoms with Gasteiger partial charge in [-0.15, -0.1) is 0 Å². The zero-order valence-electron chi connectivity index (χ0n) is 26.3. The average Bonchev–Trinajstić information content (AvgIpc) is 3.74. The molecule has 1 aliphatic carbocycles. The van der Waals surface area contributed by atoms with Gasteiger partial charge in [-0.2, -0.15) is 0 Å². The Balaban J connectivity index is 1.36. The maximum absolute atomic E-state index is 13.4. The van der Waals surface area contributed by atoms with Crippen molar-refractivity contribution >= 4 is 24.2 Å². The lowest BCUT2D eigenvalue weighted by Crippen LogP contribution is -2.48. The number of carbonyl (C=O) groups excluding carboxylic acids is 4. The molecule has 1 unspecified atom stereocenters. The molecular weight excluding hydrogens is 574 g/mol. The van der Waals surface area contributed by atoms with Gasteiger partial charge in [-0.1, -0.05) is 81.6 Å². The lowest BCUT2D eigenvalue weighted by atomic mass is 9.90. The summed E-state index contributed by atoms with van der Waals surface area (Å²) in [4.78, 5) is 56.5. The van der Waals surface area contributed by atoms with E-state index in [1.807, 2.05) is 61.5 Å². The van der Waals surface area contributed by atoms with E-state index in [9.17, 15) is 19.2 Å². The molecule has 0 saturated heterocycles. The van der Waals surface area contributed by atoms with Crippen LogP contribution < -0.4 is 10.6 Å². The second-order valence-corrected chi connectivity index (χ2v) is 11.3. The highest BCUT2D eigenvalue weighted by Crippen LogP contribution is 2.49. The number of furan rings is 1. The van der Waals surface area contributed by atoms with Crippen LogP contribution in [0.5, 0.6) is 0 Å². The Hall–Kier alpha value is -4.44. The van der Waals surface area contributed by atoms with Gasteiger partial charge in [-0.25, -0.2) is 5.06 Å². The van der Waals surface area contributed by atoms with E-state index >= 15 is 0 Å². The van der Waals surface area contributed by atoms with Crippen LogP contribution in [0.2, 0.25) is 0 Å². The van der Waals surface area contributed by atoms with E-state index in [2.05, 4.69) is 17.6 Å². The van der Waals surface area contributed by atoms with Crippen LogP contribution in [0.15, 0.2) is 71.1 Å². The first-order valence-electron chi connectivity index (χ1n) is 15.6. The van der Waals surface area contributed by atoms with Crippen LogP contribution in [0.4, 0.5) is 0 Å². The molecule has 2 N–H and O–H groups in total. The van der Waals surface area contributed by atoms with Gasteiger partial charge in [0, 0.05) is 5.56 Å². The zero-order valence-corrected chi connectivity index (χ0v) is 26.3. The molecule has 1 saturated carbocycles. The Morgan fingerprint density at radius 3 is 2.44 bits per heavy atom. The molecule has 1 fully saturated rings. The van der Waals surface area contributed by atoms with E-state index in [1.165, 1.54) is 12.2 Å². The van der Waals surface area contributed by atoms with E-state index in [1.54, 1.807) is 12.1 Å². The fraction of sp³-hybridized carbons (Fsp3) is 0.429. The van der Waals surface area contributed by atoms with Gasteiger partial charge >= 0.3 is 5.97 Å². The van der Waals surface area contributed by atoms with Gasteiger partial charge in [0.25, 0.3) is 5.91 Å². The lowest BCUT2D eigenvalue weighted by molar-refractivity contribution is -0.200. The van der Waals surface area contributed by atoms with Gasteiger partial charge in [-0.3, -0.25) is 24.0 Å². The van der Waals surface area contributed by atoms with Crippen LogP contribution in [0, 0.1) is 5.92 Å². The SMILES string of the molecule is CCCCCC(C(=O)NCNC(=O)c1ccc(-c2cccc(C3(C(=O)OC)CC3)c2)o1)[C@@H](CC)N(C=O)OCc1ccccc1. The summed E-state index contributed by atoms with van der Waals surface area (Å²) in [6, 6.07) is 19.8. The van der Waals surface area contributed by atoms with E-state index in [0.717, 1.165) is 48.8 Å². The number of unbranched alkanes of at least 4 members (excludes halogenated alkanes) is 2. The summed E-state index contributed by atoms with van der Waals surface area (Å²) < 4.78 is 10.8. The second-order valence-electron chi connectivity index (χ2n) is 11.3. The molecule has 4 rings (SSSR count). The van der Waals surface area contributed by atoms with Crippen LogP contribution in [0.1, 0.15) is 80.5 Å². The number of nitrogens with zero attached hydrogens (tertiary/aromatic N) is 1. The quantitative estimate of drug-likeness (QED) is 0.0633. The predicted molar refractivity (Wildman–Crippen MR) is 168 cm³/mol. The van der Waals surface area contributed by atoms with Crippen molar-refractivity contribution in [3.63, 3.8) is 0 Å². The number of nitrogens with one attached hydrogen (secondary N) is 2. The number of benzene rings is 2. The number of carbonyl (C=O) groups is 4. The monoisotopic (exact) mass is 617 g/mol. The normalized spacial score (nSPS) is 14.6. The Morgan fingerprint density at radius 1 is 1.00 bits per heavy atom. The molecule has 2 atom stereocenters. The highest BCUT2D eigenvalue weighted by molar-refractivity contribution is 5.92. The molecule has 240 valence electrons. The summed E-state index contributed by atoms with van der Waals surface area (Å²) in [5.74, 6) is -0.963. The van der Waals surface area contributed by atoms with E-state index < -0.39 is 23.3 Å². The van der Waals surface area contributed by atoms with Crippen LogP contribution in [-0.2, 0) is 36.0 Å². The minimum absolute atomic E-state index is 0.0890. The maximum Gasteiger partial charge on any atom is 0.316 e. The van der Waals surface area contributed by atoms with Crippen molar-refractivity contribution in [2.24, 2.45) is 5.92 Å². The van der Waals surface area contributed by atoms with E-state index in [0.29, 0.717) is 25.0 Å². The topological polar surface area (TPSA) is 127 Å². The molecule has 1 aromatic heterocycles. The fourth-order valence-corrected chi connectivity index (χ4v) is 5.63. The largest absolute Gasteiger partial charge is 0.468 e. The minimum Gasteiger partial charge on any atom is -0.468 e. The van der Waals surface area contributed by atoms with Crippen molar-refractivity contribution in [2.75, 3.05) is 13.8 Å². The zero-order chi connectivity index (χ0) is 32.2. The van der Waals surface area contributed by atoms with Crippen LogP contribution in [0.3, 0.4) is 0 Å². The minimum atomic E-state index is -0.613. The first-order chi connectivity index (χ1) is 21.9. The van der Waals surface area contributed by atoms with Crippen molar-refractivity contribution < 1.29 is 33.2 Å². The molecule has 45 heavy (non-hydrogen) atoms. The first-order valence-corrected chi connectivity index (χ1v) is 15.6. The molecule has 0 spiro atoms. The third-order valence-electron chi connectivity index (χ3n) is 8.36. The van der Waals surface area contributed by atoms with Crippen molar-refractivity contribution in [3.05, 3.63) is 83.6 Å². The standard InChI is InChI=1S/C35H43N3O7/c1-4-6-8-16-28(29(5-2)38(24-39)44-22-25-12-9-7-10-13-25)32(40)36-23-37-33(41)31-18-17-30(45-31)26-14-11-15-27(21-26)35(19-20-35)34(42)43-3/h7,9-15,17-18,21,24,28-29H,4-6,8,16,19-20,22-23H2,1-3H3,(H,36,40)(H,37,41)/t28?,29-/m1/s1. The highest BCUT2D eigenvalue weighted by Gasteiger charge is 2.52. The van der Waals surface area contributed by atoms with Gasteiger partial charge < -0.3 is 19.8 Å². The number of esters is 1. The highest BCUT2D eigenvalue weighted by atomic mass is 16.7. The van der Waals surface area contributed by atoms with Crippen LogP contribution in [-0.4, -0.2) is 49.1 Å². The summed E-state index contributed by atoms with van der Waals surface area (Å²) in [5.41, 5.74) is 1.90. The van der Waals surface area contributed by atoms with Gasteiger partial charge in [-0.05, 0) is 55.0 Å². The van der Waals surface area contributed by atoms with E-state index in [4.69, 9.17) is 14.0 Å². The van der Waals surface area contributed by atoms with Crippen molar-refractivity contribution in [2.45, 2.75) is 76.9 Å². The molecule has 2 aromatic carbocycles. The molecule has 3 aromatic rings. The fourth-order valence-electron chi connectivity index (χ4n) is 5.63. The molecule has 0 aliphatic heterocycles. The number of amides is 3. The number of ether oxygens (including phenoxy) is 1. The number of hydroxylamine groups is 2. The Kier molecular flexibility index (Phi) is 11.9. The number of rotatable bonds is 18. The Bertz CT molecular complexity index is 1430. The van der Waals surface area contributed by atoms with E-state index in [-0.39, 0.29) is 30.9 Å². The van der Waals surface area contributed by atoms with Crippen molar-refractivity contribution in [3.8, 4) is 11.3 Å². The molecule has 1 heterocycles. The molecule has 0 bridgehead atoms. The molecule has 3 amide bonds. The summed E-state index contributed by atoms with van der Waals surface area (Å²) in [6.45, 7) is 4.10. The Morgan fingerprint density at radius 2 is 1.78 bits per heavy atom. The maximum atomic E-state index is 13.4. The van der Waals surface area contributed by atoms with Gasteiger partial charge in [0.15, 0.2) is 5.76 Å². The summed E-state index contributed by atoms with van der Waals surface area (Å²) in [7, 11) is 1.39. The molecule has 10 heteroatoms. The molecule has 10 nitrogen and oxygen atoms in total. The van der Waals surface area contributed by atoms with Gasteiger partial charge in [0.1, 0.15) is 12.4 Å².